The fourth-order valence-electron chi connectivity index (χ4n) is 1.04. The smallest absolute Gasteiger partial charge is 0.121 e. The van der Waals surface area contributed by atoms with Crippen molar-refractivity contribution in [3.63, 3.8) is 0 Å². The van der Waals surface area contributed by atoms with Crippen LogP contribution in [0.5, 0.6) is 5.75 Å². The van der Waals surface area contributed by atoms with E-state index in [1.54, 1.807) is 6.07 Å². The summed E-state index contributed by atoms with van der Waals surface area (Å²) in [7, 11) is 1.87. The molecule has 1 aromatic carbocycles. The molecule has 1 unspecified atom stereocenters. The molecule has 0 bridgehead atoms. The van der Waals surface area contributed by atoms with Crippen LogP contribution < -0.4 is 5.32 Å². The fraction of sp³-hybridized carbons (Fsp3) is 0.333. The van der Waals surface area contributed by atoms with Crippen molar-refractivity contribution in [3.8, 4) is 5.75 Å². The second-order valence-electron chi connectivity index (χ2n) is 2.71. The zero-order valence-corrected chi connectivity index (χ0v) is 8.72. The molecule has 0 spiro atoms. The van der Waals surface area contributed by atoms with Crippen molar-refractivity contribution in [2.75, 3.05) is 7.05 Å². The van der Waals surface area contributed by atoms with Gasteiger partial charge in [0, 0.05) is 16.1 Å². The van der Waals surface area contributed by atoms with Gasteiger partial charge in [-0.15, -0.1) is 0 Å². The number of hydrogen-bond acceptors (Lipinski definition) is 2. The lowest BCUT2D eigenvalue weighted by Crippen LogP contribution is -2.12. The maximum absolute atomic E-state index is 9.52. The molecule has 1 aromatic rings. The first-order valence-electron chi connectivity index (χ1n) is 3.81. The molecular formula is C9H12BrNO. The maximum Gasteiger partial charge on any atom is 0.121 e. The summed E-state index contributed by atoms with van der Waals surface area (Å²) in [6.45, 7) is 2.00. The summed E-state index contributed by atoms with van der Waals surface area (Å²) in [6, 6.07) is 5.70. The molecule has 1 rings (SSSR count). The Bertz CT molecular complexity index is 275. The van der Waals surface area contributed by atoms with Gasteiger partial charge in [-0.3, -0.25) is 0 Å². The Balaban J connectivity index is 3.01. The molecule has 0 aliphatic heterocycles. The molecule has 0 fully saturated rings. The highest BCUT2D eigenvalue weighted by atomic mass is 79.9. The van der Waals surface area contributed by atoms with Gasteiger partial charge in [0.2, 0.25) is 0 Å². The van der Waals surface area contributed by atoms with Crippen LogP contribution in [-0.2, 0) is 0 Å². The van der Waals surface area contributed by atoms with Gasteiger partial charge in [0.1, 0.15) is 5.75 Å². The minimum Gasteiger partial charge on any atom is -0.508 e. The molecule has 3 heteroatoms. The van der Waals surface area contributed by atoms with Gasteiger partial charge >= 0.3 is 0 Å². The van der Waals surface area contributed by atoms with E-state index in [1.165, 1.54) is 0 Å². The third-order valence-corrected chi connectivity index (χ3v) is 2.39. The van der Waals surface area contributed by atoms with Crippen LogP contribution in [0, 0.1) is 0 Å². The number of rotatable bonds is 2. The third kappa shape index (κ3) is 1.99. The molecule has 0 saturated carbocycles. The summed E-state index contributed by atoms with van der Waals surface area (Å²) < 4.78 is 0.895. The zero-order valence-electron chi connectivity index (χ0n) is 7.13. The van der Waals surface area contributed by atoms with Crippen LogP contribution in [0.4, 0.5) is 0 Å². The molecule has 0 radical (unpaired) electrons. The zero-order chi connectivity index (χ0) is 9.14. The number of benzene rings is 1. The highest BCUT2D eigenvalue weighted by molar-refractivity contribution is 9.10. The molecule has 0 heterocycles. The maximum atomic E-state index is 9.52. The predicted molar refractivity (Wildman–Crippen MR) is 53.3 cm³/mol. The summed E-state index contributed by atoms with van der Waals surface area (Å²) >= 11 is 3.29. The van der Waals surface area contributed by atoms with Crippen LogP contribution in [0.15, 0.2) is 22.7 Å². The molecule has 0 aromatic heterocycles. The molecular weight excluding hydrogens is 218 g/mol. The largest absolute Gasteiger partial charge is 0.508 e. The fourth-order valence-corrected chi connectivity index (χ4v) is 1.39. The predicted octanol–water partition coefficient (Wildman–Crippen LogP) is 2.44. The summed E-state index contributed by atoms with van der Waals surface area (Å²) in [5, 5.41) is 12.6. The first-order chi connectivity index (χ1) is 5.65. The van der Waals surface area contributed by atoms with Crippen molar-refractivity contribution in [2.45, 2.75) is 13.0 Å². The van der Waals surface area contributed by atoms with Gasteiger partial charge in [-0.1, -0.05) is 22.0 Å². The molecule has 0 aliphatic carbocycles. The van der Waals surface area contributed by atoms with Gasteiger partial charge in [0.05, 0.1) is 0 Å². The van der Waals surface area contributed by atoms with E-state index in [1.807, 2.05) is 26.1 Å². The lowest BCUT2D eigenvalue weighted by atomic mass is 10.1. The van der Waals surface area contributed by atoms with Crippen molar-refractivity contribution in [1.82, 2.24) is 5.32 Å². The number of halogens is 1. The van der Waals surface area contributed by atoms with Crippen molar-refractivity contribution in [3.05, 3.63) is 28.2 Å². The Morgan fingerprint density at radius 2 is 2.17 bits per heavy atom. The van der Waals surface area contributed by atoms with Crippen LogP contribution in [0.3, 0.4) is 0 Å². The molecule has 2 N–H and O–H groups in total. The van der Waals surface area contributed by atoms with Gasteiger partial charge in [-0.05, 0) is 26.1 Å². The Morgan fingerprint density at radius 3 is 2.67 bits per heavy atom. The van der Waals surface area contributed by atoms with Crippen molar-refractivity contribution >= 4 is 15.9 Å². The molecule has 1 atom stereocenters. The topological polar surface area (TPSA) is 32.3 Å². The van der Waals surface area contributed by atoms with E-state index in [9.17, 15) is 5.11 Å². The van der Waals surface area contributed by atoms with Crippen LogP contribution in [0.2, 0.25) is 0 Å². The van der Waals surface area contributed by atoms with E-state index in [-0.39, 0.29) is 6.04 Å². The lowest BCUT2D eigenvalue weighted by molar-refractivity contribution is 0.457. The highest BCUT2D eigenvalue weighted by Crippen LogP contribution is 2.26. The summed E-state index contributed by atoms with van der Waals surface area (Å²) in [4.78, 5) is 0. The summed E-state index contributed by atoms with van der Waals surface area (Å²) in [5.74, 6) is 0.325. The van der Waals surface area contributed by atoms with Crippen molar-refractivity contribution in [1.29, 1.82) is 0 Å². The van der Waals surface area contributed by atoms with E-state index >= 15 is 0 Å². The second kappa shape index (κ2) is 3.92. The van der Waals surface area contributed by atoms with E-state index in [0.717, 1.165) is 10.0 Å². The minimum atomic E-state index is 0.179. The Hall–Kier alpha value is -0.540. The molecule has 0 aliphatic rings. The van der Waals surface area contributed by atoms with E-state index in [4.69, 9.17) is 0 Å². The number of nitrogens with one attached hydrogen (secondary N) is 1. The molecule has 2 nitrogen and oxygen atoms in total. The Labute approximate surface area is 80.7 Å². The first kappa shape index (κ1) is 9.55. The molecule has 12 heavy (non-hydrogen) atoms. The molecule has 66 valence electrons. The number of phenols is 1. The SMILES string of the molecule is CNC(C)c1ccc(Br)cc1O. The van der Waals surface area contributed by atoms with Crippen LogP contribution >= 0.6 is 15.9 Å². The van der Waals surface area contributed by atoms with Crippen LogP contribution in [-0.4, -0.2) is 12.2 Å². The van der Waals surface area contributed by atoms with Crippen LogP contribution in [0.25, 0.3) is 0 Å². The molecule has 0 saturated heterocycles. The normalized spacial score (nSPS) is 12.9. The van der Waals surface area contributed by atoms with Gasteiger partial charge in [-0.25, -0.2) is 0 Å². The number of phenolic OH excluding ortho intramolecular Hbond substituents is 1. The van der Waals surface area contributed by atoms with Crippen molar-refractivity contribution in [2.24, 2.45) is 0 Å². The van der Waals surface area contributed by atoms with E-state index < -0.39 is 0 Å². The monoisotopic (exact) mass is 229 g/mol. The molecule has 0 amide bonds. The first-order valence-corrected chi connectivity index (χ1v) is 4.60. The van der Waals surface area contributed by atoms with E-state index in [0.29, 0.717) is 5.75 Å². The average Bonchev–Trinajstić information content (AvgIpc) is 2.03. The Kier molecular flexibility index (Phi) is 3.12. The third-order valence-electron chi connectivity index (χ3n) is 1.89. The highest BCUT2D eigenvalue weighted by Gasteiger charge is 2.07. The summed E-state index contributed by atoms with van der Waals surface area (Å²) in [6.07, 6.45) is 0. The minimum absolute atomic E-state index is 0.179. The number of hydrogen-bond donors (Lipinski definition) is 2. The standard InChI is InChI=1S/C9H12BrNO/c1-6(11-2)8-4-3-7(10)5-9(8)12/h3-6,11-12H,1-2H3. The average molecular weight is 230 g/mol. The van der Waals surface area contributed by atoms with Crippen LogP contribution in [0.1, 0.15) is 18.5 Å². The van der Waals surface area contributed by atoms with Crippen molar-refractivity contribution < 1.29 is 5.11 Å². The van der Waals surface area contributed by atoms with E-state index in [2.05, 4.69) is 21.2 Å². The number of aromatic hydroxyl groups is 1. The lowest BCUT2D eigenvalue weighted by Gasteiger charge is -2.12. The quantitative estimate of drug-likeness (QED) is 0.817. The van der Waals surface area contributed by atoms with Gasteiger partial charge in [0.15, 0.2) is 0 Å². The van der Waals surface area contributed by atoms with Gasteiger partial charge in [-0.2, -0.15) is 0 Å². The van der Waals surface area contributed by atoms with Gasteiger partial charge in [0.25, 0.3) is 0 Å². The summed E-state index contributed by atoms with van der Waals surface area (Å²) in [5.41, 5.74) is 0.917. The van der Waals surface area contributed by atoms with Gasteiger partial charge < -0.3 is 10.4 Å². The second-order valence-corrected chi connectivity index (χ2v) is 3.63. The Morgan fingerprint density at radius 1 is 1.50 bits per heavy atom.